The van der Waals surface area contributed by atoms with Crippen molar-refractivity contribution in [2.75, 3.05) is 19.6 Å². The molecule has 0 radical (unpaired) electrons. The fraction of sp³-hybridized carbons (Fsp3) is 0.818. The van der Waals surface area contributed by atoms with Crippen molar-refractivity contribution in [1.29, 1.82) is 0 Å². The molecule has 2 heterocycles. The summed E-state index contributed by atoms with van der Waals surface area (Å²) in [5, 5.41) is 18.1. The SMILES string of the molecule is CC(C)CC(NC(=O)C1CCCN1)C(=O)N1CCCC1C(=O)NC(CCCCN)C(=O)O. The predicted molar refractivity (Wildman–Crippen MR) is 120 cm³/mol. The summed E-state index contributed by atoms with van der Waals surface area (Å²) in [5.41, 5.74) is 5.47. The minimum atomic E-state index is -1.10. The number of carboxylic acids is 1. The lowest BCUT2D eigenvalue weighted by Crippen LogP contribution is -2.57. The van der Waals surface area contributed by atoms with E-state index in [4.69, 9.17) is 5.73 Å². The van der Waals surface area contributed by atoms with E-state index in [0.29, 0.717) is 51.6 Å². The number of amides is 3. The van der Waals surface area contributed by atoms with Crippen LogP contribution in [0.2, 0.25) is 0 Å². The van der Waals surface area contributed by atoms with Crippen LogP contribution in [-0.4, -0.2) is 77.5 Å². The molecular formula is C22H39N5O5. The standard InChI is InChI=1S/C22H39N5O5/c1-14(2)13-17(26-19(28)15-8-5-11-24-15)21(30)27-12-6-9-18(27)20(29)25-16(22(31)32)7-3-4-10-23/h14-18,24H,3-13,23H2,1-2H3,(H,25,29)(H,26,28)(H,31,32). The number of carbonyl (C=O) groups is 4. The molecule has 182 valence electrons. The van der Waals surface area contributed by atoms with Crippen molar-refractivity contribution in [3.63, 3.8) is 0 Å². The minimum absolute atomic E-state index is 0.176. The Morgan fingerprint density at radius 3 is 2.38 bits per heavy atom. The van der Waals surface area contributed by atoms with Crippen molar-refractivity contribution in [2.24, 2.45) is 11.7 Å². The summed E-state index contributed by atoms with van der Waals surface area (Å²) >= 11 is 0. The first-order valence-corrected chi connectivity index (χ1v) is 11.8. The van der Waals surface area contributed by atoms with E-state index in [-0.39, 0.29) is 23.8 Å². The molecule has 0 spiro atoms. The third kappa shape index (κ3) is 7.44. The third-order valence-corrected chi connectivity index (χ3v) is 6.10. The van der Waals surface area contributed by atoms with E-state index in [1.165, 1.54) is 4.90 Å². The lowest BCUT2D eigenvalue weighted by Gasteiger charge is -2.30. The normalized spacial score (nSPS) is 22.6. The number of unbranched alkanes of at least 4 members (excludes halogenated alkanes) is 1. The number of nitrogens with zero attached hydrogens (tertiary/aromatic N) is 1. The van der Waals surface area contributed by atoms with Crippen LogP contribution in [0.4, 0.5) is 0 Å². The summed E-state index contributed by atoms with van der Waals surface area (Å²) in [6.45, 7) is 5.62. The monoisotopic (exact) mass is 453 g/mol. The number of hydrogen-bond donors (Lipinski definition) is 5. The van der Waals surface area contributed by atoms with Gasteiger partial charge < -0.3 is 31.7 Å². The Morgan fingerprint density at radius 1 is 1.06 bits per heavy atom. The lowest BCUT2D eigenvalue weighted by atomic mass is 10.0. The van der Waals surface area contributed by atoms with Crippen LogP contribution in [-0.2, 0) is 19.2 Å². The van der Waals surface area contributed by atoms with Gasteiger partial charge in [0.15, 0.2) is 0 Å². The smallest absolute Gasteiger partial charge is 0.326 e. The number of rotatable bonds is 12. The van der Waals surface area contributed by atoms with Gasteiger partial charge in [-0.25, -0.2) is 4.79 Å². The molecule has 4 unspecified atom stereocenters. The van der Waals surface area contributed by atoms with Crippen LogP contribution in [0.3, 0.4) is 0 Å². The highest BCUT2D eigenvalue weighted by Crippen LogP contribution is 2.21. The minimum Gasteiger partial charge on any atom is -0.480 e. The van der Waals surface area contributed by atoms with E-state index in [9.17, 15) is 24.3 Å². The molecule has 2 rings (SSSR count). The van der Waals surface area contributed by atoms with Crippen molar-refractivity contribution < 1.29 is 24.3 Å². The Kier molecular flexibility index (Phi) is 10.4. The van der Waals surface area contributed by atoms with Gasteiger partial charge in [0.25, 0.3) is 0 Å². The van der Waals surface area contributed by atoms with Gasteiger partial charge in [-0.05, 0) is 70.4 Å². The molecule has 2 aliphatic rings. The van der Waals surface area contributed by atoms with Crippen LogP contribution in [0.15, 0.2) is 0 Å². The molecule has 2 fully saturated rings. The summed E-state index contributed by atoms with van der Waals surface area (Å²) in [7, 11) is 0. The summed E-state index contributed by atoms with van der Waals surface area (Å²) in [6, 6.07) is -2.74. The second-order valence-corrected chi connectivity index (χ2v) is 9.21. The molecular weight excluding hydrogens is 414 g/mol. The zero-order valence-corrected chi connectivity index (χ0v) is 19.3. The number of aliphatic carboxylic acids is 1. The van der Waals surface area contributed by atoms with Gasteiger partial charge in [0.1, 0.15) is 18.1 Å². The van der Waals surface area contributed by atoms with Gasteiger partial charge in [-0.15, -0.1) is 0 Å². The second-order valence-electron chi connectivity index (χ2n) is 9.21. The van der Waals surface area contributed by atoms with Gasteiger partial charge in [0.05, 0.1) is 6.04 Å². The molecule has 0 saturated carbocycles. The van der Waals surface area contributed by atoms with Gasteiger partial charge in [-0.1, -0.05) is 13.8 Å². The maximum atomic E-state index is 13.4. The molecule has 2 aliphatic heterocycles. The number of hydrogen-bond acceptors (Lipinski definition) is 6. The first-order valence-electron chi connectivity index (χ1n) is 11.8. The number of carbonyl (C=O) groups excluding carboxylic acids is 3. The van der Waals surface area contributed by atoms with Crippen LogP contribution in [0.25, 0.3) is 0 Å². The number of likely N-dealkylation sites (tertiary alicyclic amines) is 1. The highest BCUT2D eigenvalue weighted by Gasteiger charge is 2.39. The zero-order chi connectivity index (χ0) is 23.7. The second kappa shape index (κ2) is 12.7. The maximum absolute atomic E-state index is 13.4. The van der Waals surface area contributed by atoms with E-state index >= 15 is 0 Å². The van der Waals surface area contributed by atoms with Crippen molar-refractivity contribution in [2.45, 2.75) is 89.4 Å². The van der Waals surface area contributed by atoms with Crippen LogP contribution in [0.1, 0.15) is 65.2 Å². The zero-order valence-electron chi connectivity index (χ0n) is 19.3. The molecule has 2 saturated heterocycles. The first-order chi connectivity index (χ1) is 15.2. The highest BCUT2D eigenvalue weighted by molar-refractivity contribution is 5.94. The molecule has 0 bridgehead atoms. The number of carboxylic acid groups (broad SMARTS) is 1. The van der Waals surface area contributed by atoms with Gasteiger partial charge in [0.2, 0.25) is 17.7 Å². The van der Waals surface area contributed by atoms with Crippen LogP contribution in [0.5, 0.6) is 0 Å². The van der Waals surface area contributed by atoms with Crippen molar-refractivity contribution in [3.8, 4) is 0 Å². The summed E-state index contributed by atoms with van der Waals surface area (Å²) in [4.78, 5) is 51.9. The summed E-state index contributed by atoms with van der Waals surface area (Å²) < 4.78 is 0. The molecule has 0 aliphatic carbocycles. The Morgan fingerprint density at radius 2 is 1.78 bits per heavy atom. The van der Waals surface area contributed by atoms with Crippen molar-refractivity contribution >= 4 is 23.7 Å². The molecule has 10 heteroatoms. The molecule has 10 nitrogen and oxygen atoms in total. The first kappa shape index (κ1) is 26.1. The molecule has 3 amide bonds. The van der Waals surface area contributed by atoms with Crippen molar-refractivity contribution in [3.05, 3.63) is 0 Å². The fourth-order valence-electron chi connectivity index (χ4n) is 4.39. The molecule has 32 heavy (non-hydrogen) atoms. The molecule has 0 aromatic rings. The van der Waals surface area contributed by atoms with Crippen LogP contribution < -0.4 is 21.7 Å². The average Bonchev–Trinajstić information content (AvgIpc) is 3.43. The Hall–Kier alpha value is -2.20. The number of nitrogens with two attached hydrogens (primary N) is 1. The molecule has 0 aromatic heterocycles. The Bertz CT molecular complexity index is 665. The van der Waals surface area contributed by atoms with Gasteiger partial charge in [-0.2, -0.15) is 0 Å². The van der Waals surface area contributed by atoms with E-state index in [0.717, 1.165) is 19.4 Å². The van der Waals surface area contributed by atoms with Crippen LogP contribution >= 0.6 is 0 Å². The summed E-state index contributed by atoms with van der Waals surface area (Å²) in [5.74, 6) is -1.84. The van der Waals surface area contributed by atoms with Crippen LogP contribution in [0, 0.1) is 5.92 Å². The number of nitrogens with one attached hydrogen (secondary N) is 3. The molecule has 6 N–H and O–H groups in total. The van der Waals surface area contributed by atoms with Gasteiger partial charge in [-0.3, -0.25) is 14.4 Å². The molecule has 0 aromatic carbocycles. The largest absolute Gasteiger partial charge is 0.480 e. The lowest BCUT2D eigenvalue weighted by molar-refractivity contribution is -0.145. The molecule has 4 atom stereocenters. The maximum Gasteiger partial charge on any atom is 0.326 e. The topological polar surface area (TPSA) is 154 Å². The quantitative estimate of drug-likeness (QED) is 0.260. The van der Waals surface area contributed by atoms with E-state index < -0.39 is 30.0 Å². The average molecular weight is 454 g/mol. The van der Waals surface area contributed by atoms with E-state index in [1.54, 1.807) is 0 Å². The van der Waals surface area contributed by atoms with Crippen molar-refractivity contribution in [1.82, 2.24) is 20.9 Å². The third-order valence-electron chi connectivity index (χ3n) is 6.10. The van der Waals surface area contributed by atoms with E-state index in [2.05, 4.69) is 16.0 Å². The predicted octanol–water partition coefficient (Wildman–Crippen LogP) is -0.0413. The highest BCUT2D eigenvalue weighted by atomic mass is 16.4. The summed E-state index contributed by atoms with van der Waals surface area (Å²) in [6.07, 6.45) is 4.83. The Balaban J connectivity index is 2.05. The fourth-order valence-corrected chi connectivity index (χ4v) is 4.39. The van der Waals surface area contributed by atoms with Gasteiger partial charge in [0, 0.05) is 6.54 Å². The van der Waals surface area contributed by atoms with E-state index in [1.807, 2.05) is 13.8 Å². The Labute approximate surface area is 190 Å². The van der Waals surface area contributed by atoms with Gasteiger partial charge >= 0.3 is 5.97 Å².